The van der Waals surface area contributed by atoms with Crippen molar-refractivity contribution < 1.29 is 0 Å². The van der Waals surface area contributed by atoms with Gasteiger partial charge in [0.2, 0.25) is 0 Å². The van der Waals surface area contributed by atoms with Gasteiger partial charge in [0.15, 0.2) is 0 Å². The molecular formula is C74H52N2. The Balaban J connectivity index is 0.865. The minimum Gasteiger partial charge on any atom is -0.309 e. The third-order valence-electron chi connectivity index (χ3n) is 16.0. The van der Waals surface area contributed by atoms with Gasteiger partial charge in [0, 0.05) is 32.9 Å². The highest BCUT2D eigenvalue weighted by atomic mass is 15.0. The van der Waals surface area contributed by atoms with Crippen LogP contribution in [0.3, 0.4) is 0 Å². The number of nitrogens with zero attached hydrogens (tertiary/aromatic N) is 2. The normalized spacial score (nSPS) is 11.9. The van der Waals surface area contributed by atoms with Gasteiger partial charge in [-0.15, -0.1) is 0 Å². The van der Waals surface area contributed by atoms with Gasteiger partial charge in [0.1, 0.15) is 0 Å². The third-order valence-corrected chi connectivity index (χ3v) is 16.0. The second-order valence-corrected chi connectivity index (χ2v) is 20.0. The molecule has 0 aliphatic heterocycles. The molecule has 0 aliphatic rings. The van der Waals surface area contributed by atoms with Crippen LogP contribution in [0.5, 0.6) is 0 Å². The van der Waals surface area contributed by atoms with Crippen molar-refractivity contribution in [2.75, 3.05) is 0 Å². The summed E-state index contributed by atoms with van der Waals surface area (Å²) in [4.78, 5) is 0. The van der Waals surface area contributed by atoms with Crippen LogP contribution in [0.25, 0.3) is 66.1 Å². The number of para-hydroxylation sites is 2. The van der Waals surface area contributed by atoms with Gasteiger partial charge in [-0.2, -0.15) is 0 Å². The van der Waals surface area contributed by atoms with Crippen LogP contribution < -0.4 is 0 Å². The molecule has 0 N–H and O–H groups in total. The van der Waals surface area contributed by atoms with E-state index in [1.54, 1.807) is 0 Å². The predicted molar refractivity (Wildman–Crippen MR) is 317 cm³/mol. The number of hydrogen-bond acceptors (Lipinski definition) is 0. The molecule has 0 atom stereocenters. The van der Waals surface area contributed by atoms with E-state index < -0.39 is 10.8 Å². The maximum absolute atomic E-state index is 2.43. The molecule has 2 nitrogen and oxygen atoms in total. The third kappa shape index (κ3) is 7.10. The Kier molecular flexibility index (Phi) is 11.0. The zero-order chi connectivity index (χ0) is 50.5. The van der Waals surface area contributed by atoms with Crippen molar-refractivity contribution in [1.82, 2.24) is 9.13 Å². The molecule has 76 heavy (non-hydrogen) atoms. The molecule has 14 rings (SSSR count). The molecule has 12 aromatic carbocycles. The molecular weight excluding hydrogens is 917 g/mol. The van der Waals surface area contributed by atoms with E-state index in [2.05, 4.69) is 325 Å². The fourth-order valence-corrected chi connectivity index (χ4v) is 12.7. The molecule has 358 valence electrons. The van der Waals surface area contributed by atoms with Gasteiger partial charge in [0.05, 0.1) is 32.9 Å². The lowest BCUT2D eigenvalue weighted by Crippen LogP contribution is -2.30. The molecule has 2 heteroatoms. The van der Waals surface area contributed by atoms with Crippen molar-refractivity contribution in [3.05, 3.63) is 360 Å². The molecule has 0 amide bonds. The van der Waals surface area contributed by atoms with E-state index in [1.165, 1.54) is 99.2 Å². The average molecular weight is 969 g/mol. The molecule has 0 bridgehead atoms. The molecule has 0 fully saturated rings. The summed E-state index contributed by atoms with van der Waals surface area (Å²) >= 11 is 0. The second kappa shape index (κ2) is 18.6. The highest BCUT2D eigenvalue weighted by molar-refractivity contribution is 6.12. The van der Waals surface area contributed by atoms with Gasteiger partial charge < -0.3 is 9.13 Å². The van der Waals surface area contributed by atoms with Crippen LogP contribution in [-0.4, -0.2) is 9.13 Å². The topological polar surface area (TPSA) is 9.86 Å². The maximum Gasteiger partial charge on any atom is 0.0701 e. The molecule has 0 saturated carbocycles. The number of benzene rings is 12. The summed E-state index contributed by atoms with van der Waals surface area (Å²) in [5.74, 6) is 0. The first-order valence-electron chi connectivity index (χ1n) is 26.3. The summed E-state index contributed by atoms with van der Waals surface area (Å²) in [7, 11) is 0. The van der Waals surface area contributed by atoms with Crippen molar-refractivity contribution in [1.29, 1.82) is 0 Å². The standard InChI is InChI=1S/C74H52N2/c1-7-23-55(24-8-1)73(56-25-9-2-10-26-56,57-27-11-3-12-28-57)61-41-45-63(46-42-61)75-69-37-21-19-35-65(69)67-51-53(39-49-71(67)75)54-40-50-72-68(52-54)66-36-20-22-38-70(66)76(72)64-47-43-62(44-48-64)74(58-29-13-4-14-30-58,59-31-15-5-16-32-59)60-33-17-6-18-34-60/h1-52H. The van der Waals surface area contributed by atoms with Crippen molar-refractivity contribution in [2.24, 2.45) is 0 Å². The Bertz CT molecular complexity index is 3850. The zero-order valence-electron chi connectivity index (χ0n) is 41.9. The lowest BCUT2D eigenvalue weighted by Gasteiger charge is -2.37. The van der Waals surface area contributed by atoms with E-state index >= 15 is 0 Å². The monoisotopic (exact) mass is 968 g/mol. The summed E-state index contributed by atoms with van der Waals surface area (Å²) in [5, 5.41) is 4.91. The van der Waals surface area contributed by atoms with Crippen LogP contribution in [0.15, 0.2) is 315 Å². The van der Waals surface area contributed by atoms with Crippen molar-refractivity contribution in [3.63, 3.8) is 0 Å². The van der Waals surface area contributed by atoms with Crippen molar-refractivity contribution in [3.8, 4) is 22.5 Å². The summed E-state index contributed by atoms with van der Waals surface area (Å²) in [5.41, 5.74) is 18.1. The van der Waals surface area contributed by atoms with Crippen molar-refractivity contribution in [2.45, 2.75) is 10.8 Å². The van der Waals surface area contributed by atoms with Gasteiger partial charge in [-0.3, -0.25) is 0 Å². The highest BCUT2D eigenvalue weighted by Crippen LogP contribution is 2.48. The van der Waals surface area contributed by atoms with Gasteiger partial charge in [-0.05, 0) is 116 Å². The Morgan fingerprint density at radius 1 is 0.184 bits per heavy atom. The highest BCUT2D eigenvalue weighted by Gasteiger charge is 2.39. The molecule has 0 radical (unpaired) electrons. The van der Waals surface area contributed by atoms with Gasteiger partial charge >= 0.3 is 0 Å². The quantitative estimate of drug-likeness (QED) is 0.114. The maximum atomic E-state index is 2.43. The SMILES string of the molecule is c1ccc(C(c2ccccc2)(c2ccccc2)c2ccc(-n3c4ccccc4c4cc(-c5ccc6c(c5)c5ccccc5n6-c5ccc(C(c6ccccc6)(c6ccccc6)c6ccccc6)cc5)ccc43)cc2)cc1. The summed E-state index contributed by atoms with van der Waals surface area (Å²) in [6.07, 6.45) is 0. The Morgan fingerprint density at radius 3 is 0.711 bits per heavy atom. The Hall–Kier alpha value is -9.76. The van der Waals surface area contributed by atoms with Crippen LogP contribution in [0.2, 0.25) is 0 Å². The average Bonchev–Trinajstić information content (AvgIpc) is 4.02. The Morgan fingerprint density at radius 2 is 0.421 bits per heavy atom. The van der Waals surface area contributed by atoms with Crippen LogP contribution in [0.1, 0.15) is 44.5 Å². The molecule has 0 saturated heterocycles. The van der Waals surface area contributed by atoms with E-state index in [4.69, 9.17) is 0 Å². The van der Waals surface area contributed by atoms with E-state index in [-0.39, 0.29) is 0 Å². The predicted octanol–water partition coefficient (Wildman–Crippen LogP) is 18.3. The number of fused-ring (bicyclic) bond motifs is 6. The first-order valence-corrected chi connectivity index (χ1v) is 26.3. The molecule has 2 heterocycles. The van der Waals surface area contributed by atoms with Crippen LogP contribution in [0, 0.1) is 0 Å². The van der Waals surface area contributed by atoms with Crippen molar-refractivity contribution >= 4 is 43.6 Å². The van der Waals surface area contributed by atoms with Crippen LogP contribution in [-0.2, 0) is 10.8 Å². The Labute approximate surface area is 443 Å². The largest absolute Gasteiger partial charge is 0.309 e. The molecule has 0 spiro atoms. The van der Waals surface area contributed by atoms with Gasteiger partial charge in [-0.1, -0.05) is 255 Å². The first kappa shape index (κ1) is 44.9. The van der Waals surface area contributed by atoms with E-state index in [0.717, 1.165) is 11.4 Å². The molecule has 0 unspecified atom stereocenters. The first-order chi connectivity index (χ1) is 37.7. The lowest BCUT2D eigenvalue weighted by atomic mass is 9.65. The fourth-order valence-electron chi connectivity index (χ4n) is 12.7. The number of rotatable bonds is 11. The fraction of sp³-hybridized carbons (Fsp3) is 0.0270. The number of hydrogen-bond donors (Lipinski definition) is 0. The van der Waals surface area contributed by atoms with E-state index in [0.29, 0.717) is 0 Å². The summed E-state index contributed by atoms with van der Waals surface area (Å²) in [6.45, 7) is 0. The van der Waals surface area contributed by atoms with Crippen LogP contribution in [0.4, 0.5) is 0 Å². The molecule has 14 aromatic rings. The summed E-state index contributed by atoms with van der Waals surface area (Å²) in [6, 6.07) is 116. The minimum atomic E-state index is -0.517. The van der Waals surface area contributed by atoms with E-state index in [9.17, 15) is 0 Å². The smallest absolute Gasteiger partial charge is 0.0701 e. The van der Waals surface area contributed by atoms with E-state index in [1.807, 2.05) is 0 Å². The summed E-state index contributed by atoms with van der Waals surface area (Å²) < 4.78 is 4.86. The zero-order valence-corrected chi connectivity index (χ0v) is 41.9. The van der Waals surface area contributed by atoms with Crippen LogP contribution >= 0.6 is 0 Å². The minimum absolute atomic E-state index is 0.517. The second-order valence-electron chi connectivity index (χ2n) is 20.0. The lowest BCUT2D eigenvalue weighted by molar-refractivity contribution is 0.745. The van der Waals surface area contributed by atoms with Gasteiger partial charge in [-0.25, -0.2) is 0 Å². The molecule has 2 aromatic heterocycles. The molecule has 0 aliphatic carbocycles. The van der Waals surface area contributed by atoms with Gasteiger partial charge in [0.25, 0.3) is 0 Å². The number of aromatic nitrogens is 2.